The molecular weight excluding hydrogens is 877 g/mol. The minimum Gasteiger partial charge on any atom is -0.479 e. The maximum absolute atomic E-state index is 13.1. The van der Waals surface area contributed by atoms with Crippen LogP contribution in [0.5, 0.6) is 0 Å². The highest BCUT2D eigenvalue weighted by atomic mass is 16.7. The Hall–Kier alpha value is -3.58. The van der Waals surface area contributed by atoms with Gasteiger partial charge in [-0.3, -0.25) is 14.4 Å². The molecule has 0 amide bonds. The number of carboxylic acid groups (broad SMARTS) is 1. The molecule has 6 atom stereocenters. The van der Waals surface area contributed by atoms with E-state index in [4.69, 9.17) is 23.7 Å². The second kappa shape index (κ2) is 45.6. The van der Waals surface area contributed by atoms with Crippen molar-refractivity contribution in [3.63, 3.8) is 0 Å². The van der Waals surface area contributed by atoms with Crippen LogP contribution in [-0.2, 0) is 42.9 Å². The summed E-state index contributed by atoms with van der Waals surface area (Å²) >= 11 is 0. The third-order valence-corrected chi connectivity index (χ3v) is 12.1. The summed E-state index contributed by atoms with van der Waals surface area (Å²) in [6.07, 6.45) is 42.2. The van der Waals surface area contributed by atoms with E-state index in [2.05, 4.69) is 75.5 Å². The SMILES string of the molecule is CC/C=C\C/C=C\C/C=C\C/C=C\C/C=C\CCCC(=O)OCC(COC1OC(C(=O)O)C(O)C(O)C1OC(=O)CCCCCCCCCCCCC)OC(=O)CCCCCCCCCCCCC. The first-order chi connectivity index (χ1) is 33.6. The Morgan fingerprint density at radius 2 is 0.913 bits per heavy atom. The van der Waals surface area contributed by atoms with Crippen molar-refractivity contribution < 1.29 is 58.2 Å². The Balaban J connectivity index is 2.74. The van der Waals surface area contributed by atoms with E-state index in [9.17, 15) is 34.5 Å². The molecule has 12 heteroatoms. The van der Waals surface area contributed by atoms with Gasteiger partial charge in [-0.05, 0) is 57.8 Å². The predicted octanol–water partition coefficient (Wildman–Crippen LogP) is 13.2. The molecule has 1 rings (SSSR count). The topological polar surface area (TPSA) is 175 Å². The molecule has 0 radical (unpaired) electrons. The van der Waals surface area contributed by atoms with E-state index in [1.165, 1.54) is 83.5 Å². The number of carbonyl (C=O) groups is 4. The van der Waals surface area contributed by atoms with E-state index in [1.807, 2.05) is 6.08 Å². The number of unbranched alkanes of at least 4 members (excludes halogenated alkanes) is 21. The molecule has 0 bridgehead atoms. The average molecular weight is 973 g/mol. The summed E-state index contributed by atoms with van der Waals surface area (Å²) in [5.74, 6) is -3.19. The van der Waals surface area contributed by atoms with E-state index in [0.29, 0.717) is 25.7 Å². The predicted molar refractivity (Wildman–Crippen MR) is 275 cm³/mol. The maximum atomic E-state index is 13.1. The van der Waals surface area contributed by atoms with Crippen LogP contribution in [0.3, 0.4) is 0 Å². The van der Waals surface area contributed by atoms with Crippen LogP contribution < -0.4 is 0 Å². The average Bonchev–Trinajstić information content (AvgIpc) is 3.33. The van der Waals surface area contributed by atoms with Gasteiger partial charge in [-0.25, -0.2) is 4.79 Å². The van der Waals surface area contributed by atoms with Gasteiger partial charge in [0.2, 0.25) is 0 Å². The number of hydrogen-bond donors (Lipinski definition) is 3. The van der Waals surface area contributed by atoms with E-state index < -0.39 is 67.3 Å². The summed E-state index contributed by atoms with van der Waals surface area (Å²) < 4.78 is 28.2. The molecule has 1 saturated heterocycles. The summed E-state index contributed by atoms with van der Waals surface area (Å²) in [7, 11) is 0. The molecular formula is C57H96O12. The van der Waals surface area contributed by atoms with Crippen molar-refractivity contribution in [3.05, 3.63) is 60.8 Å². The molecule has 12 nitrogen and oxygen atoms in total. The van der Waals surface area contributed by atoms with Gasteiger partial charge < -0.3 is 39.0 Å². The van der Waals surface area contributed by atoms with Crippen molar-refractivity contribution >= 4 is 23.9 Å². The number of ether oxygens (including phenoxy) is 5. The van der Waals surface area contributed by atoms with Crippen molar-refractivity contribution in [2.45, 2.75) is 263 Å². The Morgan fingerprint density at radius 3 is 1.38 bits per heavy atom. The van der Waals surface area contributed by atoms with Crippen molar-refractivity contribution in [3.8, 4) is 0 Å². The zero-order chi connectivity index (χ0) is 50.4. The molecule has 69 heavy (non-hydrogen) atoms. The highest BCUT2D eigenvalue weighted by molar-refractivity contribution is 5.74. The molecule has 0 aromatic heterocycles. The fourth-order valence-corrected chi connectivity index (χ4v) is 7.93. The first-order valence-corrected chi connectivity index (χ1v) is 27.3. The fraction of sp³-hybridized carbons (Fsp3) is 0.754. The molecule has 0 aromatic carbocycles. The highest BCUT2D eigenvalue weighted by Gasteiger charge is 2.50. The number of rotatable bonds is 45. The Morgan fingerprint density at radius 1 is 0.493 bits per heavy atom. The molecule has 396 valence electrons. The lowest BCUT2D eigenvalue weighted by atomic mass is 9.98. The number of carboxylic acids is 1. The monoisotopic (exact) mass is 973 g/mol. The molecule has 0 saturated carbocycles. The van der Waals surface area contributed by atoms with Gasteiger partial charge in [-0.15, -0.1) is 0 Å². The van der Waals surface area contributed by atoms with Crippen LogP contribution in [0.2, 0.25) is 0 Å². The second-order valence-corrected chi connectivity index (χ2v) is 18.5. The molecule has 3 N–H and O–H groups in total. The smallest absolute Gasteiger partial charge is 0.335 e. The lowest BCUT2D eigenvalue weighted by Crippen LogP contribution is -2.61. The van der Waals surface area contributed by atoms with Crippen LogP contribution in [0, 0.1) is 0 Å². The number of hydrogen-bond acceptors (Lipinski definition) is 11. The van der Waals surface area contributed by atoms with Crippen molar-refractivity contribution in [2.75, 3.05) is 13.2 Å². The van der Waals surface area contributed by atoms with Crippen molar-refractivity contribution in [2.24, 2.45) is 0 Å². The normalized spacial score (nSPS) is 19.1. The first-order valence-electron chi connectivity index (χ1n) is 27.3. The molecule has 6 unspecified atom stereocenters. The zero-order valence-electron chi connectivity index (χ0n) is 43.3. The van der Waals surface area contributed by atoms with Gasteiger partial charge in [0.15, 0.2) is 24.6 Å². The summed E-state index contributed by atoms with van der Waals surface area (Å²) in [5.41, 5.74) is 0. The summed E-state index contributed by atoms with van der Waals surface area (Å²) in [5, 5.41) is 31.3. The third kappa shape index (κ3) is 36.1. The van der Waals surface area contributed by atoms with E-state index in [-0.39, 0.29) is 25.9 Å². The Kier molecular flexibility index (Phi) is 41.9. The minimum absolute atomic E-state index is 0.0573. The van der Waals surface area contributed by atoms with Gasteiger partial charge in [0.25, 0.3) is 0 Å². The standard InChI is InChI=1S/C57H96O12/c1-4-7-10-13-16-19-22-23-24-25-26-27-30-31-34-37-40-43-49(58)65-46-48(67-50(59)44-41-38-35-32-28-20-17-14-11-8-5-2)47-66-57-55(53(62)52(61)54(69-57)56(63)64)68-51(60)45-42-39-36-33-29-21-18-15-12-9-6-3/h7,10,16,19,23-24,26-27,31,34,48,52-55,57,61-62H,4-6,8-9,11-15,17-18,20-22,25,28-30,32-33,35-47H2,1-3H3,(H,63,64)/b10-7-,19-16-,24-23-,27-26-,34-31-. The highest BCUT2D eigenvalue weighted by Crippen LogP contribution is 2.26. The van der Waals surface area contributed by atoms with Crippen LogP contribution in [0.4, 0.5) is 0 Å². The maximum Gasteiger partial charge on any atom is 0.335 e. The second-order valence-electron chi connectivity index (χ2n) is 18.5. The van der Waals surface area contributed by atoms with E-state index in [1.54, 1.807) is 0 Å². The lowest BCUT2D eigenvalue weighted by molar-refractivity contribution is -0.301. The van der Waals surface area contributed by atoms with Gasteiger partial charge in [-0.2, -0.15) is 0 Å². The number of carbonyl (C=O) groups excluding carboxylic acids is 3. The molecule has 0 aromatic rings. The van der Waals surface area contributed by atoms with E-state index in [0.717, 1.165) is 77.0 Å². The van der Waals surface area contributed by atoms with Crippen molar-refractivity contribution in [1.29, 1.82) is 0 Å². The van der Waals surface area contributed by atoms with Crippen LogP contribution in [-0.4, -0.2) is 89.2 Å². The summed E-state index contributed by atoms with van der Waals surface area (Å²) in [6, 6.07) is 0. The summed E-state index contributed by atoms with van der Waals surface area (Å²) in [6.45, 7) is 5.79. The minimum atomic E-state index is -1.91. The van der Waals surface area contributed by atoms with Gasteiger partial charge in [0.1, 0.15) is 18.8 Å². The molecule has 1 fully saturated rings. The fourth-order valence-electron chi connectivity index (χ4n) is 7.93. The number of aliphatic hydroxyl groups is 2. The molecule has 0 spiro atoms. The largest absolute Gasteiger partial charge is 0.479 e. The van der Waals surface area contributed by atoms with E-state index >= 15 is 0 Å². The van der Waals surface area contributed by atoms with Crippen LogP contribution >= 0.6 is 0 Å². The van der Waals surface area contributed by atoms with Crippen LogP contribution in [0.15, 0.2) is 60.8 Å². The summed E-state index contributed by atoms with van der Waals surface area (Å²) in [4.78, 5) is 50.8. The Bertz CT molecular complexity index is 1440. The number of esters is 3. The molecule has 0 aliphatic carbocycles. The van der Waals surface area contributed by atoms with Gasteiger partial charge >= 0.3 is 23.9 Å². The molecule has 1 heterocycles. The van der Waals surface area contributed by atoms with Gasteiger partial charge in [0.05, 0.1) is 6.61 Å². The number of aliphatic carboxylic acids is 1. The zero-order valence-corrected chi connectivity index (χ0v) is 43.3. The number of aliphatic hydroxyl groups excluding tert-OH is 2. The Labute approximate surface area is 417 Å². The molecule has 1 aliphatic heterocycles. The van der Waals surface area contributed by atoms with Crippen LogP contribution in [0.1, 0.15) is 226 Å². The van der Waals surface area contributed by atoms with Crippen molar-refractivity contribution in [1.82, 2.24) is 0 Å². The molecule has 1 aliphatic rings. The first kappa shape index (κ1) is 63.4. The lowest BCUT2D eigenvalue weighted by Gasteiger charge is -2.40. The van der Waals surface area contributed by atoms with Crippen LogP contribution in [0.25, 0.3) is 0 Å². The quantitative estimate of drug-likeness (QED) is 0.0228. The number of allylic oxidation sites excluding steroid dienone is 10. The van der Waals surface area contributed by atoms with Gasteiger partial charge in [-0.1, -0.05) is 210 Å². The third-order valence-electron chi connectivity index (χ3n) is 12.1. The van der Waals surface area contributed by atoms with Gasteiger partial charge in [0, 0.05) is 19.3 Å².